The van der Waals surface area contributed by atoms with Gasteiger partial charge in [0.1, 0.15) is 0 Å². The highest BCUT2D eigenvalue weighted by Crippen LogP contribution is 2.47. The van der Waals surface area contributed by atoms with Gasteiger partial charge in [0.05, 0.1) is 0 Å². The van der Waals surface area contributed by atoms with Gasteiger partial charge in [-0.1, -0.05) is 141 Å². The predicted molar refractivity (Wildman–Crippen MR) is 159 cm³/mol. The van der Waals surface area contributed by atoms with Crippen LogP contribution in [0, 0.1) is 0 Å². The summed E-state index contributed by atoms with van der Waals surface area (Å²) in [6.07, 6.45) is 1.10. The van der Waals surface area contributed by atoms with Crippen molar-refractivity contribution in [3.63, 3.8) is 0 Å². The maximum Gasteiger partial charge on any atom is 0.00928 e. The molecule has 0 fully saturated rings. The lowest BCUT2D eigenvalue weighted by molar-refractivity contribution is 0.506. The predicted octanol–water partition coefficient (Wildman–Crippen LogP) is 10.7. The molecule has 1 atom stereocenters. The average molecular weight is 477 g/mol. The SMILES string of the molecule is CCC(c1ccc(C(C)(C)C)c(C(C)(C)C)c1)c1c(C(C)(C)C)ccc(C(C)(C)C)c1C(C)(C)C. The van der Waals surface area contributed by atoms with Crippen molar-refractivity contribution in [2.45, 2.75) is 150 Å². The Morgan fingerprint density at radius 3 is 1.26 bits per heavy atom. The van der Waals surface area contributed by atoms with Gasteiger partial charge in [-0.3, -0.25) is 0 Å². The van der Waals surface area contributed by atoms with Crippen molar-refractivity contribution in [2.24, 2.45) is 0 Å². The molecular weight excluding hydrogens is 420 g/mol. The van der Waals surface area contributed by atoms with Gasteiger partial charge in [0.15, 0.2) is 0 Å². The topological polar surface area (TPSA) is 0 Å². The highest BCUT2D eigenvalue weighted by atomic mass is 14.4. The number of benzene rings is 2. The van der Waals surface area contributed by atoms with Crippen LogP contribution in [0.1, 0.15) is 162 Å². The van der Waals surface area contributed by atoms with Gasteiger partial charge in [-0.25, -0.2) is 0 Å². The van der Waals surface area contributed by atoms with Gasteiger partial charge in [-0.2, -0.15) is 0 Å². The molecule has 0 nitrogen and oxygen atoms in total. The van der Waals surface area contributed by atoms with E-state index in [1.807, 2.05) is 0 Å². The Labute approximate surface area is 219 Å². The van der Waals surface area contributed by atoms with Crippen LogP contribution in [0.5, 0.6) is 0 Å². The van der Waals surface area contributed by atoms with Gasteiger partial charge in [0.25, 0.3) is 0 Å². The van der Waals surface area contributed by atoms with Crippen molar-refractivity contribution in [1.29, 1.82) is 0 Å². The third-order valence-electron chi connectivity index (χ3n) is 7.43. The quantitative estimate of drug-likeness (QED) is 0.413. The van der Waals surface area contributed by atoms with E-state index in [4.69, 9.17) is 0 Å². The first-order valence-electron chi connectivity index (χ1n) is 13.8. The van der Waals surface area contributed by atoms with Crippen molar-refractivity contribution in [3.8, 4) is 0 Å². The zero-order valence-electron chi connectivity index (χ0n) is 26.2. The van der Waals surface area contributed by atoms with Gasteiger partial charge >= 0.3 is 0 Å². The van der Waals surface area contributed by atoms with E-state index in [1.165, 1.54) is 27.8 Å². The van der Waals surface area contributed by atoms with E-state index in [2.05, 4.69) is 141 Å². The van der Waals surface area contributed by atoms with Gasteiger partial charge in [0.2, 0.25) is 0 Å². The Morgan fingerprint density at radius 1 is 0.486 bits per heavy atom. The van der Waals surface area contributed by atoms with Crippen LogP contribution in [0.2, 0.25) is 0 Å². The van der Waals surface area contributed by atoms with E-state index < -0.39 is 0 Å². The molecule has 0 radical (unpaired) electrons. The summed E-state index contributed by atoms with van der Waals surface area (Å²) in [6.45, 7) is 38.0. The van der Waals surface area contributed by atoms with Crippen molar-refractivity contribution < 1.29 is 0 Å². The minimum absolute atomic E-state index is 0.0604. The molecule has 0 heterocycles. The van der Waals surface area contributed by atoms with Crippen molar-refractivity contribution >= 4 is 0 Å². The Balaban J connectivity index is 3.05. The first-order valence-corrected chi connectivity index (χ1v) is 13.8. The lowest BCUT2D eigenvalue weighted by Crippen LogP contribution is -2.29. The lowest BCUT2D eigenvalue weighted by Gasteiger charge is -2.39. The molecule has 2 rings (SSSR count). The fraction of sp³-hybridized carbons (Fsp3) is 0.657. The Kier molecular flexibility index (Phi) is 7.96. The molecule has 0 saturated heterocycles. The van der Waals surface area contributed by atoms with E-state index in [1.54, 1.807) is 11.1 Å². The Bertz CT molecular complexity index is 1030. The molecule has 35 heavy (non-hydrogen) atoms. The summed E-state index contributed by atoms with van der Waals surface area (Å²) >= 11 is 0. The van der Waals surface area contributed by atoms with Gasteiger partial charge in [-0.15, -0.1) is 0 Å². The van der Waals surface area contributed by atoms with E-state index in [0.717, 1.165) is 6.42 Å². The third-order valence-corrected chi connectivity index (χ3v) is 7.43. The van der Waals surface area contributed by atoms with Crippen LogP contribution in [0.3, 0.4) is 0 Å². The fourth-order valence-corrected chi connectivity index (χ4v) is 5.73. The molecule has 2 aromatic rings. The molecule has 0 bridgehead atoms. The van der Waals surface area contributed by atoms with E-state index in [-0.39, 0.29) is 27.1 Å². The smallest absolute Gasteiger partial charge is 0.00928 e. The van der Waals surface area contributed by atoms with Crippen LogP contribution in [0.15, 0.2) is 30.3 Å². The molecule has 0 amide bonds. The molecule has 196 valence electrons. The molecule has 0 N–H and O–H groups in total. The monoisotopic (exact) mass is 476 g/mol. The van der Waals surface area contributed by atoms with Crippen LogP contribution in [0.25, 0.3) is 0 Å². The molecule has 0 aliphatic heterocycles. The van der Waals surface area contributed by atoms with Gasteiger partial charge < -0.3 is 0 Å². The van der Waals surface area contributed by atoms with Crippen LogP contribution in [-0.2, 0) is 27.1 Å². The van der Waals surface area contributed by atoms with Gasteiger partial charge in [0, 0.05) is 5.92 Å². The van der Waals surface area contributed by atoms with E-state index >= 15 is 0 Å². The molecule has 0 heteroatoms. The maximum atomic E-state index is 2.55. The van der Waals surface area contributed by atoms with Crippen LogP contribution in [-0.4, -0.2) is 0 Å². The molecule has 1 unspecified atom stereocenters. The second-order valence-electron chi connectivity index (χ2n) is 16.0. The van der Waals surface area contributed by atoms with Crippen LogP contribution >= 0.6 is 0 Å². The summed E-state index contributed by atoms with van der Waals surface area (Å²) in [5, 5.41) is 0. The zero-order chi connectivity index (χ0) is 27.4. The normalized spacial score (nSPS) is 14.9. The molecule has 0 spiro atoms. The highest BCUT2D eigenvalue weighted by molar-refractivity contribution is 5.55. The van der Waals surface area contributed by atoms with Crippen LogP contribution in [0.4, 0.5) is 0 Å². The first kappa shape index (κ1) is 29.7. The summed E-state index contributed by atoms with van der Waals surface area (Å²) in [4.78, 5) is 0. The average Bonchev–Trinajstić information content (AvgIpc) is 2.64. The molecule has 0 aromatic heterocycles. The summed E-state index contributed by atoms with van der Waals surface area (Å²) in [5.41, 5.74) is 11.0. The van der Waals surface area contributed by atoms with Gasteiger partial charge in [-0.05, 0) is 72.4 Å². The lowest BCUT2D eigenvalue weighted by atomic mass is 9.65. The molecule has 0 saturated carbocycles. The minimum Gasteiger partial charge on any atom is -0.0645 e. The Morgan fingerprint density at radius 2 is 0.886 bits per heavy atom. The molecular formula is C35H56. The zero-order valence-corrected chi connectivity index (χ0v) is 26.2. The van der Waals surface area contributed by atoms with Crippen molar-refractivity contribution in [1.82, 2.24) is 0 Å². The summed E-state index contributed by atoms with van der Waals surface area (Å²) < 4.78 is 0. The standard InChI is InChI=1S/C35H56/c1-17-24(23-18-19-25(31(2,3)4)28(22-23)34(11,12)13)29-26(32(5,6)7)20-21-27(33(8,9)10)30(29)35(14,15)16/h18-22,24H,17H2,1-16H3. The number of hydrogen-bond acceptors (Lipinski definition) is 0. The van der Waals surface area contributed by atoms with E-state index in [9.17, 15) is 0 Å². The number of hydrogen-bond donors (Lipinski definition) is 0. The largest absolute Gasteiger partial charge is 0.0645 e. The highest BCUT2D eigenvalue weighted by Gasteiger charge is 2.35. The minimum atomic E-state index is 0.0604. The Hall–Kier alpha value is -1.56. The summed E-state index contributed by atoms with van der Waals surface area (Å²) in [5.74, 6) is 0.371. The summed E-state index contributed by atoms with van der Waals surface area (Å²) in [7, 11) is 0. The fourth-order valence-electron chi connectivity index (χ4n) is 5.73. The second kappa shape index (κ2) is 9.39. The van der Waals surface area contributed by atoms with E-state index in [0.29, 0.717) is 5.92 Å². The molecule has 0 aliphatic rings. The maximum absolute atomic E-state index is 2.55. The number of rotatable bonds is 3. The molecule has 2 aromatic carbocycles. The van der Waals surface area contributed by atoms with Crippen LogP contribution < -0.4 is 0 Å². The third kappa shape index (κ3) is 6.42. The molecule has 0 aliphatic carbocycles. The van der Waals surface area contributed by atoms with Crippen molar-refractivity contribution in [3.05, 3.63) is 69.3 Å². The second-order valence-corrected chi connectivity index (χ2v) is 16.0. The summed E-state index contributed by atoms with van der Waals surface area (Å²) in [6, 6.07) is 12.3. The van der Waals surface area contributed by atoms with Crippen molar-refractivity contribution in [2.75, 3.05) is 0 Å². The first-order chi connectivity index (χ1) is 15.5.